The van der Waals surface area contributed by atoms with Crippen molar-refractivity contribution in [3.8, 4) is 0 Å². The van der Waals surface area contributed by atoms with Crippen molar-refractivity contribution in [2.24, 2.45) is 5.73 Å². The minimum Gasteiger partial charge on any atom is -0.373 e. The van der Waals surface area contributed by atoms with Gasteiger partial charge < -0.3 is 20.2 Å². The fourth-order valence-electron chi connectivity index (χ4n) is 1.40. The number of likely N-dealkylation sites (N-methyl/N-ethyl adjacent to an activating group) is 1. The number of hydrogen-bond acceptors (Lipinski definition) is 5. The number of piperazine rings is 1. The third-order valence-electron chi connectivity index (χ3n) is 2.33. The molecule has 0 bridgehead atoms. The van der Waals surface area contributed by atoms with Crippen LogP contribution in [0.3, 0.4) is 0 Å². The van der Waals surface area contributed by atoms with Crippen LogP contribution >= 0.6 is 0 Å². The maximum absolute atomic E-state index is 9.95. The van der Waals surface area contributed by atoms with Gasteiger partial charge in [-0.25, -0.2) is 0 Å². The van der Waals surface area contributed by atoms with Crippen LogP contribution in [0.4, 0.5) is 0 Å². The first-order chi connectivity index (χ1) is 8.33. The van der Waals surface area contributed by atoms with Crippen LogP contribution in [-0.2, 0) is 9.53 Å². The van der Waals surface area contributed by atoms with Crippen LogP contribution in [0.25, 0.3) is 0 Å². The van der Waals surface area contributed by atoms with E-state index in [0.29, 0.717) is 6.61 Å². The summed E-state index contributed by atoms with van der Waals surface area (Å²) in [4.78, 5) is 14.6. The van der Waals surface area contributed by atoms with Crippen LogP contribution in [0.5, 0.6) is 0 Å². The molecule has 0 amide bonds. The maximum atomic E-state index is 9.95. The van der Waals surface area contributed by atoms with Gasteiger partial charge in [0.2, 0.25) is 0 Å². The summed E-state index contributed by atoms with van der Waals surface area (Å²) in [6.07, 6.45) is 0.796. The Labute approximate surface area is 106 Å². The molecule has 1 aliphatic heterocycles. The van der Waals surface area contributed by atoms with Crippen LogP contribution in [0.15, 0.2) is 0 Å². The van der Waals surface area contributed by atoms with Gasteiger partial charge in [0.15, 0.2) is 0 Å². The standard InChI is InChI=1S/C9H18N2O2.C2H6.CH5N/c1-10-2-4-11(5-3-10)6-8-13-9-7-12;2*1-2/h7H,2-6,8-9H2,1H3;1-2H3;2H2,1H3. The molecule has 5 nitrogen and oxygen atoms in total. The fraction of sp³-hybridized carbons (Fsp3) is 0.917. The lowest BCUT2D eigenvalue weighted by atomic mass is 10.3. The van der Waals surface area contributed by atoms with Gasteiger partial charge in [-0.3, -0.25) is 4.90 Å². The highest BCUT2D eigenvalue weighted by Gasteiger charge is 2.12. The van der Waals surface area contributed by atoms with Gasteiger partial charge in [-0.2, -0.15) is 0 Å². The minimum atomic E-state index is 0.230. The number of carbonyl (C=O) groups is 1. The summed E-state index contributed by atoms with van der Waals surface area (Å²) in [5.41, 5.74) is 4.50. The summed E-state index contributed by atoms with van der Waals surface area (Å²) in [7, 11) is 3.64. The quantitative estimate of drug-likeness (QED) is 0.549. The van der Waals surface area contributed by atoms with E-state index < -0.39 is 0 Å². The highest BCUT2D eigenvalue weighted by atomic mass is 16.5. The summed E-state index contributed by atoms with van der Waals surface area (Å²) in [6.45, 7) is 10.3. The van der Waals surface area contributed by atoms with Crippen molar-refractivity contribution in [2.45, 2.75) is 13.8 Å². The molecule has 1 rings (SSSR count). The molecule has 2 N–H and O–H groups in total. The Morgan fingerprint density at radius 1 is 1.18 bits per heavy atom. The molecule has 1 heterocycles. The van der Waals surface area contributed by atoms with Crippen LogP contribution < -0.4 is 5.73 Å². The summed E-state index contributed by atoms with van der Waals surface area (Å²) < 4.78 is 5.09. The van der Waals surface area contributed by atoms with E-state index in [4.69, 9.17) is 4.74 Å². The van der Waals surface area contributed by atoms with Gasteiger partial charge in [-0.1, -0.05) is 13.8 Å². The van der Waals surface area contributed by atoms with Crippen LogP contribution in [0, 0.1) is 0 Å². The van der Waals surface area contributed by atoms with Gasteiger partial charge in [0, 0.05) is 32.7 Å². The van der Waals surface area contributed by atoms with Crippen LogP contribution in [0.2, 0.25) is 0 Å². The normalized spacial score (nSPS) is 16.3. The van der Waals surface area contributed by atoms with Crippen molar-refractivity contribution in [3.63, 3.8) is 0 Å². The first kappa shape index (κ1) is 18.9. The van der Waals surface area contributed by atoms with Crippen molar-refractivity contribution >= 4 is 6.29 Å². The Balaban J connectivity index is 0. The predicted octanol–water partition coefficient (Wildman–Crippen LogP) is 0.0504. The van der Waals surface area contributed by atoms with Crippen molar-refractivity contribution in [1.82, 2.24) is 9.80 Å². The lowest BCUT2D eigenvalue weighted by Gasteiger charge is -2.32. The minimum absolute atomic E-state index is 0.230. The topological polar surface area (TPSA) is 58.8 Å². The third kappa shape index (κ3) is 11.8. The number of rotatable bonds is 5. The first-order valence-corrected chi connectivity index (χ1v) is 6.33. The molecular weight excluding hydrogens is 218 g/mol. The molecule has 0 aliphatic carbocycles. The highest BCUT2D eigenvalue weighted by molar-refractivity contribution is 5.50. The maximum Gasteiger partial charge on any atom is 0.145 e. The molecule has 5 heteroatoms. The summed E-state index contributed by atoms with van der Waals surface area (Å²) in [5, 5.41) is 0. The molecule has 0 aromatic heterocycles. The molecule has 1 saturated heterocycles. The molecule has 104 valence electrons. The molecule has 17 heavy (non-hydrogen) atoms. The number of ether oxygens (including phenoxy) is 1. The third-order valence-corrected chi connectivity index (χ3v) is 2.33. The van der Waals surface area contributed by atoms with E-state index in [1.54, 1.807) is 0 Å². The van der Waals surface area contributed by atoms with E-state index in [-0.39, 0.29) is 6.61 Å². The predicted molar refractivity (Wildman–Crippen MR) is 72.3 cm³/mol. The van der Waals surface area contributed by atoms with E-state index >= 15 is 0 Å². The molecule has 1 aliphatic rings. The molecule has 1 fully saturated rings. The molecule has 0 saturated carbocycles. The first-order valence-electron chi connectivity index (χ1n) is 6.33. The number of carbonyl (C=O) groups excluding carboxylic acids is 1. The monoisotopic (exact) mass is 247 g/mol. The molecule has 0 unspecified atom stereocenters. The zero-order chi connectivity index (χ0) is 13.5. The Morgan fingerprint density at radius 2 is 1.71 bits per heavy atom. The van der Waals surface area contributed by atoms with Crippen molar-refractivity contribution < 1.29 is 9.53 Å². The van der Waals surface area contributed by atoms with Crippen molar-refractivity contribution in [2.75, 3.05) is 60.0 Å². The van der Waals surface area contributed by atoms with E-state index in [2.05, 4.69) is 22.6 Å². The summed E-state index contributed by atoms with van der Waals surface area (Å²) in [5.74, 6) is 0. The smallest absolute Gasteiger partial charge is 0.145 e. The molecule has 0 aromatic rings. The van der Waals surface area contributed by atoms with Crippen molar-refractivity contribution in [1.29, 1.82) is 0 Å². The Bertz CT molecular complexity index is 149. The Hall–Kier alpha value is -0.490. The Morgan fingerprint density at radius 3 is 2.18 bits per heavy atom. The molecule has 0 radical (unpaired) electrons. The summed E-state index contributed by atoms with van der Waals surface area (Å²) >= 11 is 0. The summed E-state index contributed by atoms with van der Waals surface area (Å²) in [6, 6.07) is 0. The lowest BCUT2D eigenvalue weighted by molar-refractivity contribution is -0.112. The fourth-order valence-corrected chi connectivity index (χ4v) is 1.40. The number of nitrogens with two attached hydrogens (primary N) is 1. The van der Waals surface area contributed by atoms with Gasteiger partial charge in [0.1, 0.15) is 12.9 Å². The SMILES string of the molecule is CC.CN.CN1CCN(CCOCC=O)CC1. The number of nitrogens with zero attached hydrogens (tertiary/aromatic N) is 2. The molecule has 0 spiro atoms. The van der Waals surface area contributed by atoms with Crippen LogP contribution in [0.1, 0.15) is 13.8 Å². The second kappa shape index (κ2) is 15.5. The van der Waals surface area contributed by atoms with Gasteiger partial charge in [-0.15, -0.1) is 0 Å². The number of aldehydes is 1. The highest BCUT2D eigenvalue weighted by Crippen LogP contribution is 1.97. The van der Waals surface area contributed by atoms with Crippen molar-refractivity contribution in [3.05, 3.63) is 0 Å². The average molecular weight is 247 g/mol. The van der Waals surface area contributed by atoms with Crippen LogP contribution in [-0.4, -0.2) is 76.1 Å². The largest absolute Gasteiger partial charge is 0.373 e. The van der Waals surface area contributed by atoms with Gasteiger partial charge >= 0.3 is 0 Å². The molecular formula is C12H29N3O2. The molecule has 0 atom stereocenters. The van der Waals surface area contributed by atoms with Gasteiger partial charge in [0.05, 0.1) is 6.61 Å². The van der Waals surface area contributed by atoms with E-state index in [0.717, 1.165) is 39.0 Å². The lowest BCUT2D eigenvalue weighted by Crippen LogP contribution is -2.45. The zero-order valence-corrected chi connectivity index (χ0v) is 11.8. The second-order valence-electron chi connectivity index (χ2n) is 3.39. The van der Waals surface area contributed by atoms with E-state index in [1.165, 1.54) is 7.05 Å². The van der Waals surface area contributed by atoms with E-state index in [1.807, 2.05) is 13.8 Å². The van der Waals surface area contributed by atoms with Gasteiger partial charge in [0.25, 0.3) is 0 Å². The molecule has 0 aromatic carbocycles. The second-order valence-corrected chi connectivity index (χ2v) is 3.39. The zero-order valence-electron chi connectivity index (χ0n) is 11.8. The average Bonchev–Trinajstić information content (AvgIpc) is 2.41. The van der Waals surface area contributed by atoms with Gasteiger partial charge in [-0.05, 0) is 14.1 Å². The van der Waals surface area contributed by atoms with E-state index in [9.17, 15) is 4.79 Å². The number of hydrogen-bond donors (Lipinski definition) is 1. The Kier molecular flexibility index (Phi) is 17.2.